The van der Waals surface area contributed by atoms with Crippen molar-refractivity contribution in [1.29, 1.82) is 0 Å². The molecule has 3 nitrogen and oxygen atoms in total. The maximum Gasteiger partial charge on any atom is 0.329 e. The Bertz CT molecular complexity index is 84.2. The Hall–Kier alpha value is 0.150. The predicted octanol–water partition coefficient (Wildman–Crippen LogP) is 0.736. The van der Waals surface area contributed by atoms with Crippen molar-refractivity contribution in [3.05, 3.63) is 6.16 Å². The summed E-state index contributed by atoms with van der Waals surface area (Å²) in [5, 5.41) is 0. The molecule has 0 aromatic carbocycles. The van der Waals surface area contributed by atoms with Crippen LogP contribution in [0.1, 0.15) is 13.3 Å². The third-order valence-corrected chi connectivity index (χ3v) is 1.26. The van der Waals surface area contributed by atoms with E-state index in [1.807, 2.05) is 0 Å². The monoisotopic (exact) mass is 123 g/mol. The lowest BCUT2D eigenvalue weighted by atomic mass is 10.6. The van der Waals surface area contributed by atoms with Crippen LogP contribution in [0, 0.1) is 6.16 Å². The Labute approximate surface area is 42.5 Å². The first kappa shape index (κ1) is 7.15. The molecule has 0 rings (SSSR count). The van der Waals surface area contributed by atoms with E-state index in [-0.39, 0.29) is 0 Å². The third-order valence-electron chi connectivity index (χ3n) is 0.420. The van der Waals surface area contributed by atoms with Gasteiger partial charge in [-0.15, -0.1) is 0 Å². The molecule has 0 heterocycles. The summed E-state index contributed by atoms with van der Waals surface area (Å²) in [7, 11) is -3.79. The summed E-state index contributed by atoms with van der Waals surface area (Å²) in [5.41, 5.74) is 0. The van der Waals surface area contributed by atoms with Crippen LogP contribution < -0.4 is 0 Å². The molecule has 2 N–H and O–H groups in total. The van der Waals surface area contributed by atoms with E-state index < -0.39 is 7.60 Å². The molecule has 0 aromatic rings. The van der Waals surface area contributed by atoms with Crippen LogP contribution in [0.5, 0.6) is 0 Å². The maximum atomic E-state index is 9.87. The van der Waals surface area contributed by atoms with E-state index in [4.69, 9.17) is 9.79 Å². The molecule has 0 saturated heterocycles. The van der Waals surface area contributed by atoms with E-state index >= 15 is 0 Å². The average Bonchev–Trinajstić information content (AvgIpc) is 1.30. The molecule has 0 fully saturated rings. The minimum absolute atomic E-state index is 0.421. The largest absolute Gasteiger partial charge is 0.329 e. The normalized spacial score (nSPS) is 11.9. The summed E-state index contributed by atoms with van der Waals surface area (Å²) in [6.07, 6.45) is 1.40. The first-order valence-electron chi connectivity index (χ1n) is 1.96. The van der Waals surface area contributed by atoms with Crippen molar-refractivity contribution in [3.63, 3.8) is 0 Å². The lowest BCUT2D eigenvalue weighted by molar-refractivity contribution is 0.380. The van der Waals surface area contributed by atoms with Crippen molar-refractivity contribution in [2.45, 2.75) is 13.3 Å². The maximum absolute atomic E-state index is 9.87. The molecule has 1 radical (unpaired) electrons. The molecule has 0 saturated carbocycles. The van der Waals surface area contributed by atoms with Gasteiger partial charge < -0.3 is 9.79 Å². The Morgan fingerprint density at radius 3 is 2.14 bits per heavy atom. The number of hydrogen-bond donors (Lipinski definition) is 2. The zero-order chi connectivity index (χ0) is 5.91. The molecule has 0 aliphatic carbocycles. The number of hydrogen-bond acceptors (Lipinski definition) is 1. The van der Waals surface area contributed by atoms with E-state index in [9.17, 15) is 4.57 Å². The van der Waals surface area contributed by atoms with E-state index in [1.54, 1.807) is 6.92 Å². The molecule has 0 amide bonds. The molecule has 0 spiro atoms. The van der Waals surface area contributed by atoms with Crippen LogP contribution >= 0.6 is 7.60 Å². The van der Waals surface area contributed by atoms with Crippen LogP contribution in [0.3, 0.4) is 0 Å². The van der Waals surface area contributed by atoms with Crippen molar-refractivity contribution in [2.24, 2.45) is 0 Å². The van der Waals surface area contributed by atoms with Crippen LogP contribution in [0.2, 0.25) is 0 Å². The third kappa shape index (κ3) is 6.15. The molecular weight excluding hydrogens is 115 g/mol. The first-order valence-corrected chi connectivity index (χ1v) is 3.64. The minimum atomic E-state index is -3.79. The van der Waals surface area contributed by atoms with Crippen molar-refractivity contribution in [2.75, 3.05) is 0 Å². The minimum Gasteiger partial charge on any atom is -0.324 e. The van der Waals surface area contributed by atoms with Gasteiger partial charge in [-0.1, -0.05) is 6.92 Å². The topological polar surface area (TPSA) is 57.5 Å². The van der Waals surface area contributed by atoms with Gasteiger partial charge in [0.2, 0.25) is 0 Å². The second-order valence-corrected chi connectivity index (χ2v) is 2.72. The average molecular weight is 123 g/mol. The Morgan fingerprint density at radius 2 is 2.14 bits per heavy atom. The van der Waals surface area contributed by atoms with Gasteiger partial charge in [-0.05, 0) is 6.42 Å². The summed E-state index contributed by atoms with van der Waals surface area (Å²) in [4.78, 5) is 16.1. The molecule has 7 heavy (non-hydrogen) atoms. The van der Waals surface area contributed by atoms with Gasteiger partial charge >= 0.3 is 7.60 Å². The highest BCUT2D eigenvalue weighted by Crippen LogP contribution is 2.39. The molecule has 43 valence electrons. The summed E-state index contributed by atoms with van der Waals surface area (Å²) >= 11 is 0. The van der Waals surface area contributed by atoms with Gasteiger partial charge in [0.25, 0.3) is 0 Å². The fraction of sp³-hybridized carbons (Fsp3) is 0.667. The summed E-state index contributed by atoms with van der Waals surface area (Å²) in [6.45, 7) is 1.68. The van der Waals surface area contributed by atoms with Gasteiger partial charge in [0.05, 0.1) is 6.16 Å². The summed E-state index contributed by atoms with van der Waals surface area (Å²) in [6, 6.07) is 0. The van der Waals surface area contributed by atoms with E-state index in [2.05, 4.69) is 0 Å². The van der Waals surface area contributed by atoms with Crippen molar-refractivity contribution >= 4 is 7.60 Å². The highest BCUT2D eigenvalue weighted by atomic mass is 31.2. The van der Waals surface area contributed by atoms with Crippen LogP contribution in [-0.4, -0.2) is 9.79 Å². The van der Waals surface area contributed by atoms with Gasteiger partial charge in [0, 0.05) is 0 Å². The van der Waals surface area contributed by atoms with Gasteiger partial charge in [0.15, 0.2) is 0 Å². The second-order valence-electron chi connectivity index (χ2n) is 1.18. The highest BCUT2D eigenvalue weighted by Gasteiger charge is 2.09. The van der Waals surface area contributed by atoms with Crippen molar-refractivity contribution < 1.29 is 14.4 Å². The Balaban J connectivity index is 3.36. The highest BCUT2D eigenvalue weighted by molar-refractivity contribution is 7.54. The lowest BCUT2D eigenvalue weighted by Gasteiger charge is -1.95. The molecule has 4 heteroatoms. The smallest absolute Gasteiger partial charge is 0.324 e. The second kappa shape index (κ2) is 2.46. The molecule has 0 unspecified atom stereocenters. The molecule has 0 aromatic heterocycles. The SMILES string of the molecule is CC[CH]P(=O)(O)O. The molecule has 0 bridgehead atoms. The molecule has 0 atom stereocenters. The summed E-state index contributed by atoms with van der Waals surface area (Å²) < 4.78 is 9.87. The molecule has 0 aliphatic heterocycles. The van der Waals surface area contributed by atoms with Crippen molar-refractivity contribution in [3.8, 4) is 0 Å². The standard InChI is InChI=1S/C3H8O3P/c1-2-3-7(4,5)6/h3H,2H2,1H3,(H2,4,5,6). The fourth-order valence-electron chi connectivity index (χ4n) is 0.238. The molecular formula is C3H8O3P. The van der Waals surface area contributed by atoms with E-state index in [0.717, 1.165) is 6.16 Å². The van der Waals surface area contributed by atoms with Gasteiger partial charge in [-0.3, -0.25) is 4.57 Å². The van der Waals surface area contributed by atoms with Crippen LogP contribution in [0.4, 0.5) is 0 Å². The van der Waals surface area contributed by atoms with Gasteiger partial charge in [-0.2, -0.15) is 0 Å². The van der Waals surface area contributed by atoms with Gasteiger partial charge in [-0.25, -0.2) is 0 Å². The van der Waals surface area contributed by atoms with Crippen LogP contribution in [0.25, 0.3) is 0 Å². The molecule has 0 aliphatic rings. The lowest BCUT2D eigenvalue weighted by Crippen LogP contribution is -1.74. The quantitative estimate of drug-likeness (QED) is 0.532. The van der Waals surface area contributed by atoms with Crippen LogP contribution in [0.15, 0.2) is 0 Å². The van der Waals surface area contributed by atoms with Crippen LogP contribution in [-0.2, 0) is 4.57 Å². The van der Waals surface area contributed by atoms with E-state index in [0.29, 0.717) is 6.42 Å². The zero-order valence-electron chi connectivity index (χ0n) is 4.03. The Kier molecular flexibility index (Phi) is 2.51. The number of rotatable bonds is 2. The summed E-state index contributed by atoms with van der Waals surface area (Å²) in [5.74, 6) is 0. The Morgan fingerprint density at radius 1 is 1.71 bits per heavy atom. The first-order chi connectivity index (χ1) is 3.06. The van der Waals surface area contributed by atoms with Gasteiger partial charge in [0.1, 0.15) is 0 Å². The predicted molar refractivity (Wildman–Crippen MR) is 26.6 cm³/mol. The fourth-order valence-corrected chi connectivity index (χ4v) is 0.714. The van der Waals surface area contributed by atoms with Crippen molar-refractivity contribution in [1.82, 2.24) is 0 Å². The zero-order valence-corrected chi connectivity index (χ0v) is 4.93. The van der Waals surface area contributed by atoms with E-state index in [1.165, 1.54) is 0 Å².